The summed E-state index contributed by atoms with van der Waals surface area (Å²) >= 11 is 5.75. The highest BCUT2D eigenvalue weighted by molar-refractivity contribution is 7.91. The van der Waals surface area contributed by atoms with E-state index in [0.717, 1.165) is 5.56 Å². The van der Waals surface area contributed by atoms with Crippen LogP contribution in [0.25, 0.3) is 0 Å². The van der Waals surface area contributed by atoms with Crippen molar-refractivity contribution in [1.82, 2.24) is 4.98 Å². The molecule has 0 fully saturated rings. The number of sulfone groups is 1. The number of nitrogens with zero attached hydrogens (tertiary/aromatic N) is 2. The summed E-state index contributed by atoms with van der Waals surface area (Å²) < 4.78 is 24.3. The minimum Gasteiger partial charge on any atom is -0.369 e. The second-order valence-corrected chi connectivity index (χ2v) is 7.25. The zero-order valence-electron chi connectivity index (χ0n) is 11.9. The maximum atomic E-state index is 12.2. The van der Waals surface area contributed by atoms with E-state index in [1.807, 2.05) is 13.0 Å². The molecule has 5 nitrogen and oxygen atoms in total. The van der Waals surface area contributed by atoms with Crippen molar-refractivity contribution in [3.8, 4) is 6.07 Å². The third-order valence-electron chi connectivity index (χ3n) is 3.04. The van der Waals surface area contributed by atoms with Gasteiger partial charge in [0.25, 0.3) is 0 Å². The number of hydrogen-bond donors (Lipinski definition) is 1. The van der Waals surface area contributed by atoms with Crippen LogP contribution in [0.5, 0.6) is 0 Å². The smallest absolute Gasteiger partial charge is 0.180 e. The zero-order chi connectivity index (χ0) is 16.2. The van der Waals surface area contributed by atoms with Crippen molar-refractivity contribution in [3.05, 3.63) is 52.7 Å². The summed E-state index contributed by atoms with van der Waals surface area (Å²) in [6.45, 7) is 2.04. The van der Waals surface area contributed by atoms with Gasteiger partial charge in [0.2, 0.25) is 0 Å². The van der Waals surface area contributed by atoms with E-state index in [2.05, 4.69) is 10.3 Å². The van der Waals surface area contributed by atoms with Gasteiger partial charge in [-0.3, -0.25) is 0 Å². The molecule has 0 aliphatic rings. The number of anilines is 1. The first-order valence-electron chi connectivity index (χ1n) is 6.51. The van der Waals surface area contributed by atoms with Crippen LogP contribution in [0.2, 0.25) is 5.02 Å². The fourth-order valence-corrected chi connectivity index (χ4v) is 3.17. The molecule has 2 rings (SSSR count). The summed E-state index contributed by atoms with van der Waals surface area (Å²) in [6.07, 6.45) is 1.45. The first-order chi connectivity index (χ1) is 10.4. The molecule has 0 bridgehead atoms. The van der Waals surface area contributed by atoms with Gasteiger partial charge in [0, 0.05) is 17.8 Å². The molecule has 0 aliphatic carbocycles. The minimum absolute atomic E-state index is 0.0598. The maximum Gasteiger partial charge on any atom is 0.180 e. The van der Waals surface area contributed by atoms with Crippen molar-refractivity contribution in [2.45, 2.75) is 11.8 Å². The quantitative estimate of drug-likeness (QED) is 0.908. The van der Waals surface area contributed by atoms with Gasteiger partial charge in [-0.1, -0.05) is 11.6 Å². The van der Waals surface area contributed by atoms with Gasteiger partial charge in [-0.15, -0.1) is 0 Å². The van der Waals surface area contributed by atoms with Crippen molar-refractivity contribution in [1.29, 1.82) is 5.26 Å². The second kappa shape index (κ2) is 6.77. The lowest BCUT2D eigenvalue weighted by molar-refractivity contribution is 0.596. The molecule has 1 aromatic carbocycles. The van der Waals surface area contributed by atoms with Crippen LogP contribution in [0.1, 0.15) is 11.1 Å². The van der Waals surface area contributed by atoms with Crippen LogP contribution in [-0.4, -0.2) is 25.7 Å². The monoisotopic (exact) mass is 335 g/mol. The number of hydrogen-bond acceptors (Lipinski definition) is 5. The van der Waals surface area contributed by atoms with Gasteiger partial charge in [-0.2, -0.15) is 5.26 Å². The van der Waals surface area contributed by atoms with Gasteiger partial charge in [0.1, 0.15) is 11.9 Å². The van der Waals surface area contributed by atoms with Crippen LogP contribution in [-0.2, 0) is 9.84 Å². The highest BCUT2D eigenvalue weighted by atomic mass is 35.5. The number of aryl methyl sites for hydroxylation is 1. The van der Waals surface area contributed by atoms with Crippen molar-refractivity contribution in [3.63, 3.8) is 0 Å². The average molecular weight is 336 g/mol. The predicted molar refractivity (Wildman–Crippen MR) is 85.7 cm³/mol. The lowest BCUT2D eigenvalue weighted by atomic mass is 10.2. The maximum absolute atomic E-state index is 12.2. The topological polar surface area (TPSA) is 82.8 Å². The zero-order valence-corrected chi connectivity index (χ0v) is 13.4. The second-order valence-electron chi connectivity index (χ2n) is 4.70. The molecule has 1 heterocycles. The summed E-state index contributed by atoms with van der Waals surface area (Å²) in [5.41, 5.74) is 1.26. The summed E-state index contributed by atoms with van der Waals surface area (Å²) in [7, 11) is -3.37. The molecule has 0 aliphatic heterocycles. The molecule has 0 saturated carbocycles. The molecule has 2 aromatic rings. The van der Waals surface area contributed by atoms with E-state index in [1.54, 1.807) is 18.2 Å². The van der Waals surface area contributed by atoms with E-state index < -0.39 is 9.84 Å². The molecule has 7 heteroatoms. The Morgan fingerprint density at radius 2 is 2.00 bits per heavy atom. The number of benzene rings is 1. The molecular formula is C15H14ClN3O2S. The van der Waals surface area contributed by atoms with Gasteiger partial charge >= 0.3 is 0 Å². The Balaban J connectivity index is 2.01. The van der Waals surface area contributed by atoms with Gasteiger partial charge < -0.3 is 5.32 Å². The standard InChI is InChI=1S/C15H14ClN3O2S/c1-11-8-12(9-17)10-19-15(11)18-6-7-22(20,21)14-4-2-13(16)3-5-14/h2-5,8,10H,6-7H2,1H3,(H,18,19). The molecule has 0 atom stereocenters. The molecule has 1 aromatic heterocycles. The fraction of sp³-hybridized carbons (Fsp3) is 0.200. The first kappa shape index (κ1) is 16.3. The molecular weight excluding hydrogens is 322 g/mol. The lowest BCUT2D eigenvalue weighted by Crippen LogP contribution is -2.17. The molecule has 22 heavy (non-hydrogen) atoms. The minimum atomic E-state index is -3.37. The fourth-order valence-electron chi connectivity index (χ4n) is 1.88. The van der Waals surface area contributed by atoms with Gasteiger partial charge in [0.15, 0.2) is 9.84 Å². The molecule has 1 N–H and O–H groups in total. The predicted octanol–water partition coefficient (Wildman–Crippen LogP) is 2.80. The Kier molecular flexibility index (Phi) is 5.01. The van der Waals surface area contributed by atoms with Crippen molar-refractivity contribution < 1.29 is 8.42 Å². The number of nitrogens with one attached hydrogen (secondary N) is 1. The van der Waals surface area contributed by atoms with E-state index in [9.17, 15) is 8.42 Å². The highest BCUT2D eigenvalue weighted by Gasteiger charge is 2.14. The third-order valence-corrected chi connectivity index (χ3v) is 5.03. The van der Waals surface area contributed by atoms with Crippen LogP contribution < -0.4 is 5.32 Å². The first-order valence-corrected chi connectivity index (χ1v) is 8.54. The normalized spacial score (nSPS) is 11.0. The third kappa shape index (κ3) is 3.97. The van der Waals surface area contributed by atoms with E-state index in [-0.39, 0.29) is 17.2 Å². The van der Waals surface area contributed by atoms with Crippen LogP contribution in [0.3, 0.4) is 0 Å². The van der Waals surface area contributed by atoms with Gasteiger partial charge in [-0.25, -0.2) is 13.4 Å². The Bertz CT molecular complexity index is 812. The molecule has 0 amide bonds. The molecule has 114 valence electrons. The van der Waals surface area contributed by atoms with Gasteiger partial charge in [0.05, 0.1) is 16.2 Å². The summed E-state index contributed by atoms with van der Waals surface area (Å²) in [5.74, 6) is 0.515. The molecule has 0 spiro atoms. The van der Waals surface area contributed by atoms with Crippen LogP contribution >= 0.6 is 11.6 Å². The SMILES string of the molecule is Cc1cc(C#N)cnc1NCCS(=O)(=O)c1ccc(Cl)cc1. The Morgan fingerprint density at radius 1 is 1.32 bits per heavy atom. The Hall–Kier alpha value is -2.10. The largest absolute Gasteiger partial charge is 0.369 e. The van der Waals surface area contributed by atoms with E-state index in [1.165, 1.54) is 18.3 Å². The highest BCUT2D eigenvalue weighted by Crippen LogP contribution is 2.16. The van der Waals surface area contributed by atoms with Crippen molar-refractivity contribution >= 4 is 27.3 Å². The summed E-state index contributed by atoms with van der Waals surface area (Å²) in [4.78, 5) is 4.35. The number of aromatic nitrogens is 1. The van der Waals surface area contributed by atoms with Crippen molar-refractivity contribution in [2.24, 2.45) is 0 Å². The number of nitriles is 1. The van der Waals surface area contributed by atoms with E-state index >= 15 is 0 Å². The lowest BCUT2D eigenvalue weighted by Gasteiger charge is -2.09. The van der Waals surface area contributed by atoms with E-state index in [4.69, 9.17) is 16.9 Å². The number of pyridine rings is 1. The molecule has 0 saturated heterocycles. The molecule has 0 radical (unpaired) electrons. The van der Waals surface area contributed by atoms with E-state index in [0.29, 0.717) is 16.4 Å². The number of rotatable bonds is 5. The number of halogens is 1. The summed E-state index contributed by atoms with van der Waals surface area (Å²) in [6, 6.07) is 9.78. The van der Waals surface area contributed by atoms with Crippen molar-refractivity contribution in [2.75, 3.05) is 17.6 Å². The summed E-state index contributed by atoms with van der Waals surface area (Å²) in [5, 5.41) is 12.3. The van der Waals surface area contributed by atoms with Gasteiger partial charge in [-0.05, 0) is 42.8 Å². The van der Waals surface area contributed by atoms with Crippen LogP contribution in [0, 0.1) is 18.3 Å². The Labute approximate surface area is 134 Å². The Morgan fingerprint density at radius 3 is 2.59 bits per heavy atom. The van der Waals surface area contributed by atoms with Crippen LogP contribution in [0.4, 0.5) is 5.82 Å². The average Bonchev–Trinajstić information content (AvgIpc) is 2.49. The molecule has 0 unspecified atom stereocenters. The van der Waals surface area contributed by atoms with Crippen LogP contribution in [0.15, 0.2) is 41.4 Å².